The monoisotopic (exact) mass is 456 g/mol. The van der Waals surface area contributed by atoms with Crippen molar-refractivity contribution in [2.45, 2.75) is 11.5 Å². The molecule has 1 N–H and O–H groups in total. The number of benzene rings is 3. The molecule has 0 aliphatic carbocycles. The molecule has 0 bridgehead atoms. The van der Waals surface area contributed by atoms with E-state index in [1.165, 1.54) is 0 Å². The second-order valence-electron chi connectivity index (χ2n) is 7.77. The van der Waals surface area contributed by atoms with E-state index in [2.05, 4.69) is 23.5 Å². The van der Waals surface area contributed by atoms with Gasteiger partial charge in [-0.05, 0) is 65.2 Å². The normalized spacial score (nSPS) is 20.8. The molecule has 0 unspecified atom stereocenters. The average Bonchev–Trinajstić information content (AvgIpc) is 3.19. The van der Waals surface area contributed by atoms with E-state index in [0.717, 1.165) is 33.9 Å². The Morgan fingerprint density at radius 2 is 1.52 bits per heavy atom. The van der Waals surface area contributed by atoms with Crippen LogP contribution in [0, 0.1) is 0 Å². The summed E-state index contributed by atoms with van der Waals surface area (Å²) >= 11 is 1.54. The number of amides is 1. The van der Waals surface area contributed by atoms with Gasteiger partial charge in [-0.15, -0.1) is 0 Å². The van der Waals surface area contributed by atoms with Gasteiger partial charge in [-0.3, -0.25) is 9.69 Å². The number of carbonyl (C=O) groups is 1. The predicted molar refractivity (Wildman–Crippen MR) is 132 cm³/mol. The minimum atomic E-state index is -0.200. The lowest BCUT2D eigenvalue weighted by Gasteiger charge is -2.37. The van der Waals surface area contributed by atoms with Crippen molar-refractivity contribution in [2.24, 2.45) is 0 Å². The van der Waals surface area contributed by atoms with Crippen molar-refractivity contribution in [3.05, 3.63) is 107 Å². The van der Waals surface area contributed by atoms with E-state index in [1.54, 1.807) is 26.0 Å². The first-order valence-electron chi connectivity index (χ1n) is 10.7. The number of ether oxygens (including phenoxy) is 2. The summed E-state index contributed by atoms with van der Waals surface area (Å²) in [4.78, 5) is 16.1. The third kappa shape index (κ3) is 4.22. The van der Waals surface area contributed by atoms with Gasteiger partial charge in [0.1, 0.15) is 11.5 Å². The Labute approximate surface area is 197 Å². The van der Waals surface area contributed by atoms with E-state index in [9.17, 15) is 4.79 Å². The van der Waals surface area contributed by atoms with E-state index in [-0.39, 0.29) is 17.4 Å². The van der Waals surface area contributed by atoms with Gasteiger partial charge in [-0.25, -0.2) is 0 Å². The van der Waals surface area contributed by atoms with Crippen LogP contribution in [0.5, 0.6) is 11.5 Å². The standard InChI is InChI=1S/C27H24N2O3S/c1-31-21-12-8-18(9-13-21)16-25-26(30)29-24(20-6-4-3-5-7-20)17-23(28-27(29)33-25)19-10-14-22(32-2)15-11-19/h3-17,24,27-28H,1-2H3/b25-16+/t24-,27+/m0/s1. The van der Waals surface area contributed by atoms with E-state index in [4.69, 9.17) is 9.47 Å². The molecule has 1 amide bonds. The first kappa shape index (κ1) is 21.2. The summed E-state index contributed by atoms with van der Waals surface area (Å²) in [5, 5.41) is 3.56. The second kappa shape index (κ2) is 9.08. The van der Waals surface area contributed by atoms with Crippen molar-refractivity contribution in [3.63, 3.8) is 0 Å². The molecule has 2 heterocycles. The summed E-state index contributed by atoms with van der Waals surface area (Å²) in [5.41, 5.74) is 3.89. The lowest BCUT2D eigenvalue weighted by atomic mass is 9.99. The Balaban J connectivity index is 1.50. The Bertz CT molecular complexity index is 1200. The predicted octanol–water partition coefficient (Wildman–Crippen LogP) is 5.29. The van der Waals surface area contributed by atoms with E-state index in [0.29, 0.717) is 4.91 Å². The van der Waals surface area contributed by atoms with Crippen LogP contribution in [-0.2, 0) is 4.79 Å². The molecule has 0 aromatic heterocycles. The summed E-state index contributed by atoms with van der Waals surface area (Å²) in [6, 6.07) is 25.7. The SMILES string of the molecule is COc1ccc(/C=C2/S[C@@H]3NC(c4ccc(OC)cc4)=C[C@@H](c4ccccc4)N3C2=O)cc1. The van der Waals surface area contributed by atoms with Crippen LogP contribution in [0.1, 0.15) is 22.7 Å². The molecule has 2 aliphatic rings. The first-order chi connectivity index (χ1) is 16.2. The molecule has 5 nitrogen and oxygen atoms in total. The van der Waals surface area contributed by atoms with Crippen molar-refractivity contribution in [2.75, 3.05) is 14.2 Å². The van der Waals surface area contributed by atoms with Crippen molar-refractivity contribution in [3.8, 4) is 11.5 Å². The van der Waals surface area contributed by atoms with Crippen molar-refractivity contribution in [1.29, 1.82) is 0 Å². The van der Waals surface area contributed by atoms with Crippen LogP contribution in [0.2, 0.25) is 0 Å². The van der Waals surface area contributed by atoms with Gasteiger partial charge in [-0.1, -0.05) is 54.2 Å². The topological polar surface area (TPSA) is 50.8 Å². The van der Waals surface area contributed by atoms with Crippen molar-refractivity contribution >= 4 is 29.4 Å². The molecule has 33 heavy (non-hydrogen) atoms. The molecule has 0 spiro atoms. The maximum Gasteiger partial charge on any atom is 0.263 e. The van der Waals surface area contributed by atoms with Gasteiger partial charge in [0.25, 0.3) is 5.91 Å². The first-order valence-corrected chi connectivity index (χ1v) is 11.6. The molecule has 3 aromatic rings. The molecule has 0 saturated carbocycles. The lowest BCUT2D eigenvalue weighted by molar-refractivity contribution is -0.128. The summed E-state index contributed by atoms with van der Waals surface area (Å²) in [6.07, 6.45) is 4.07. The number of fused-ring (bicyclic) bond motifs is 1. The zero-order valence-electron chi connectivity index (χ0n) is 18.4. The minimum Gasteiger partial charge on any atom is -0.497 e. The molecule has 0 radical (unpaired) electrons. The molecule has 166 valence electrons. The fraction of sp³-hybridized carbons (Fsp3) is 0.148. The lowest BCUT2D eigenvalue weighted by Crippen LogP contribution is -2.46. The minimum absolute atomic E-state index is 0.0206. The second-order valence-corrected chi connectivity index (χ2v) is 8.90. The third-order valence-corrected chi connectivity index (χ3v) is 6.91. The van der Waals surface area contributed by atoms with E-state index in [1.807, 2.05) is 77.7 Å². The Morgan fingerprint density at radius 1 is 0.879 bits per heavy atom. The number of methoxy groups -OCH3 is 2. The fourth-order valence-electron chi connectivity index (χ4n) is 4.06. The molecular formula is C27H24N2O3S. The highest BCUT2D eigenvalue weighted by Gasteiger charge is 2.43. The zero-order valence-corrected chi connectivity index (χ0v) is 19.2. The summed E-state index contributed by atoms with van der Waals surface area (Å²) in [6.45, 7) is 0. The van der Waals surface area contributed by atoms with Gasteiger partial charge < -0.3 is 14.8 Å². The van der Waals surface area contributed by atoms with Crippen LogP contribution < -0.4 is 14.8 Å². The highest BCUT2D eigenvalue weighted by atomic mass is 32.2. The van der Waals surface area contributed by atoms with E-state index >= 15 is 0 Å². The van der Waals surface area contributed by atoms with Crippen LogP contribution in [0.4, 0.5) is 0 Å². The largest absolute Gasteiger partial charge is 0.497 e. The highest BCUT2D eigenvalue weighted by Crippen LogP contribution is 2.44. The Hall–Kier alpha value is -3.64. The zero-order chi connectivity index (χ0) is 22.8. The van der Waals surface area contributed by atoms with Gasteiger partial charge in [-0.2, -0.15) is 0 Å². The van der Waals surface area contributed by atoms with Crippen LogP contribution in [0.25, 0.3) is 11.8 Å². The highest BCUT2D eigenvalue weighted by molar-refractivity contribution is 8.05. The molecule has 2 aliphatic heterocycles. The molecular weight excluding hydrogens is 432 g/mol. The van der Waals surface area contributed by atoms with Gasteiger partial charge in [0.2, 0.25) is 0 Å². The van der Waals surface area contributed by atoms with Crippen LogP contribution in [0.15, 0.2) is 89.8 Å². The summed E-state index contributed by atoms with van der Waals surface area (Å²) in [5.74, 6) is 1.62. The summed E-state index contributed by atoms with van der Waals surface area (Å²) < 4.78 is 10.5. The summed E-state index contributed by atoms with van der Waals surface area (Å²) in [7, 11) is 3.30. The number of nitrogens with zero attached hydrogens (tertiary/aromatic N) is 1. The maximum absolute atomic E-state index is 13.5. The number of nitrogens with one attached hydrogen (secondary N) is 1. The molecule has 3 aromatic carbocycles. The number of carbonyl (C=O) groups excluding carboxylic acids is 1. The fourth-order valence-corrected chi connectivity index (χ4v) is 5.23. The van der Waals surface area contributed by atoms with Crippen molar-refractivity contribution in [1.82, 2.24) is 10.2 Å². The Morgan fingerprint density at radius 3 is 2.15 bits per heavy atom. The molecule has 6 heteroatoms. The molecule has 1 fully saturated rings. The van der Waals surface area contributed by atoms with Gasteiger partial charge >= 0.3 is 0 Å². The van der Waals surface area contributed by atoms with Crippen LogP contribution >= 0.6 is 11.8 Å². The Kier molecular flexibility index (Phi) is 5.84. The van der Waals surface area contributed by atoms with Crippen LogP contribution in [0.3, 0.4) is 0 Å². The van der Waals surface area contributed by atoms with Crippen molar-refractivity contribution < 1.29 is 14.3 Å². The van der Waals surface area contributed by atoms with Gasteiger partial charge in [0.05, 0.1) is 25.2 Å². The van der Waals surface area contributed by atoms with E-state index < -0.39 is 0 Å². The quantitative estimate of drug-likeness (QED) is 0.529. The average molecular weight is 457 g/mol. The molecule has 1 saturated heterocycles. The smallest absolute Gasteiger partial charge is 0.263 e. The number of rotatable bonds is 5. The number of hydrogen-bond acceptors (Lipinski definition) is 5. The maximum atomic E-state index is 13.5. The van der Waals surface area contributed by atoms with Gasteiger partial charge in [0.15, 0.2) is 5.50 Å². The number of thioether (sulfide) groups is 1. The third-order valence-electron chi connectivity index (χ3n) is 5.80. The van der Waals surface area contributed by atoms with Gasteiger partial charge in [0, 0.05) is 5.70 Å². The molecule has 2 atom stereocenters. The van der Waals surface area contributed by atoms with Crippen LogP contribution in [-0.4, -0.2) is 30.5 Å². The molecule has 5 rings (SSSR count). The number of hydrogen-bond donors (Lipinski definition) is 1.